The molecule has 1 amide bonds. The number of carbonyl (C=O) groups excluding carboxylic acids is 1. The SMILES string of the molecule is COc1ncc(-c2ccc3nc(N)c(-c4ccc(F)c(C(=O)N5CCOCC5)c4)cc3c2)cc1NS(=O)(=O)c1ccc(F)cc1F. The molecule has 3 aromatic carbocycles. The lowest BCUT2D eigenvalue weighted by molar-refractivity contribution is 0.0300. The molecule has 236 valence electrons. The van der Waals surface area contributed by atoms with Gasteiger partial charge in [-0.05, 0) is 59.7 Å². The molecule has 2 aromatic heterocycles. The number of carbonyl (C=O) groups is 1. The van der Waals surface area contributed by atoms with Crippen LogP contribution in [-0.4, -0.2) is 62.6 Å². The first-order valence-electron chi connectivity index (χ1n) is 13.9. The van der Waals surface area contributed by atoms with Crippen LogP contribution < -0.4 is 15.2 Å². The molecule has 1 aliphatic heterocycles. The van der Waals surface area contributed by atoms with Crippen LogP contribution in [-0.2, 0) is 14.8 Å². The zero-order chi connectivity index (χ0) is 32.6. The number of sulfonamides is 1. The van der Waals surface area contributed by atoms with Gasteiger partial charge in [0.05, 0.1) is 31.4 Å². The van der Waals surface area contributed by atoms with Crippen molar-refractivity contribution in [2.45, 2.75) is 4.90 Å². The van der Waals surface area contributed by atoms with Crippen molar-refractivity contribution < 1.29 is 35.9 Å². The normalized spacial score (nSPS) is 13.5. The van der Waals surface area contributed by atoms with Gasteiger partial charge in [0, 0.05) is 41.9 Å². The minimum Gasteiger partial charge on any atom is -0.480 e. The number of rotatable bonds is 7. The van der Waals surface area contributed by atoms with Gasteiger partial charge in [0.15, 0.2) is 0 Å². The van der Waals surface area contributed by atoms with Gasteiger partial charge in [-0.2, -0.15) is 0 Å². The van der Waals surface area contributed by atoms with E-state index in [4.69, 9.17) is 15.2 Å². The molecule has 0 spiro atoms. The molecule has 14 heteroatoms. The number of pyridine rings is 2. The number of fused-ring (bicyclic) bond motifs is 1. The maximum Gasteiger partial charge on any atom is 0.264 e. The Balaban J connectivity index is 1.36. The first kappa shape index (κ1) is 30.8. The van der Waals surface area contributed by atoms with E-state index in [1.807, 2.05) is 0 Å². The minimum atomic E-state index is -4.48. The second-order valence-electron chi connectivity index (χ2n) is 10.4. The highest BCUT2D eigenvalue weighted by molar-refractivity contribution is 7.92. The van der Waals surface area contributed by atoms with E-state index in [1.54, 1.807) is 24.3 Å². The molecule has 1 aliphatic rings. The number of ether oxygens (including phenoxy) is 2. The van der Waals surface area contributed by atoms with Gasteiger partial charge in [0.2, 0.25) is 5.88 Å². The first-order chi connectivity index (χ1) is 22.0. The van der Waals surface area contributed by atoms with Crippen LogP contribution in [0.1, 0.15) is 10.4 Å². The monoisotopic (exact) mass is 649 g/mol. The third kappa shape index (κ3) is 6.04. The number of hydrogen-bond acceptors (Lipinski definition) is 8. The molecule has 6 rings (SSSR count). The summed E-state index contributed by atoms with van der Waals surface area (Å²) >= 11 is 0. The number of morpholine rings is 1. The number of nitrogens with zero attached hydrogens (tertiary/aromatic N) is 3. The number of benzene rings is 3. The largest absolute Gasteiger partial charge is 0.480 e. The molecule has 0 saturated carbocycles. The maximum atomic E-state index is 14.8. The van der Waals surface area contributed by atoms with Gasteiger partial charge in [-0.25, -0.2) is 31.6 Å². The number of methoxy groups -OCH3 is 1. The number of hydrogen-bond donors (Lipinski definition) is 2. The lowest BCUT2D eigenvalue weighted by Crippen LogP contribution is -2.41. The first-order valence-corrected chi connectivity index (χ1v) is 15.4. The Labute approximate surface area is 261 Å². The van der Waals surface area contributed by atoms with Crippen LogP contribution in [0.2, 0.25) is 0 Å². The van der Waals surface area contributed by atoms with Gasteiger partial charge >= 0.3 is 0 Å². The average molecular weight is 650 g/mol. The average Bonchev–Trinajstić information content (AvgIpc) is 3.04. The predicted molar refractivity (Wildman–Crippen MR) is 165 cm³/mol. The van der Waals surface area contributed by atoms with E-state index < -0.39 is 38.3 Å². The van der Waals surface area contributed by atoms with E-state index in [9.17, 15) is 26.4 Å². The number of nitrogen functional groups attached to an aromatic ring is 1. The van der Waals surface area contributed by atoms with Crippen molar-refractivity contribution in [3.8, 4) is 28.1 Å². The Morgan fingerprint density at radius 1 is 0.935 bits per heavy atom. The molecule has 1 fully saturated rings. The lowest BCUT2D eigenvalue weighted by Gasteiger charge is -2.27. The van der Waals surface area contributed by atoms with Crippen molar-refractivity contribution >= 4 is 38.3 Å². The smallest absolute Gasteiger partial charge is 0.264 e. The molecular weight excluding hydrogens is 623 g/mol. The molecule has 0 atom stereocenters. The van der Waals surface area contributed by atoms with Crippen LogP contribution in [0.4, 0.5) is 24.7 Å². The van der Waals surface area contributed by atoms with Crippen LogP contribution >= 0.6 is 0 Å². The summed E-state index contributed by atoms with van der Waals surface area (Å²) in [6, 6.07) is 14.7. The molecule has 0 unspecified atom stereocenters. The number of halogens is 3. The molecule has 1 saturated heterocycles. The van der Waals surface area contributed by atoms with Gasteiger partial charge in [0.1, 0.15) is 33.9 Å². The minimum absolute atomic E-state index is 0.0777. The second-order valence-corrected chi connectivity index (χ2v) is 12.0. The van der Waals surface area contributed by atoms with Gasteiger partial charge in [-0.15, -0.1) is 0 Å². The topological polar surface area (TPSA) is 137 Å². The van der Waals surface area contributed by atoms with E-state index in [1.165, 1.54) is 42.5 Å². The van der Waals surface area contributed by atoms with Gasteiger partial charge in [-0.1, -0.05) is 12.1 Å². The van der Waals surface area contributed by atoms with Crippen LogP contribution in [0.3, 0.4) is 0 Å². The van der Waals surface area contributed by atoms with E-state index >= 15 is 0 Å². The van der Waals surface area contributed by atoms with Gasteiger partial charge < -0.3 is 20.1 Å². The molecule has 0 aliphatic carbocycles. The Bertz CT molecular complexity index is 2110. The summed E-state index contributed by atoms with van der Waals surface area (Å²) in [5.41, 5.74) is 8.72. The highest BCUT2D eigenvalue weighted by atomic mass is 32.2. The molecule has 10 nitrogen and oxygen atoms in total. The van der Waals surface area contributed by atoms with Crippen molar-refractivity contribution in [1.29, 1.82) is 0 Å². The Kier molecular flexibility index (Phi) is 8.23. The maximum absolute atomic E-state index is 14.8. The summed E-state index contributed by atoms with van der Waals surface area (Å²) in [6.07, 6.45) is 1.46. The van der Waals surface area contributed by atoms with Crippen molar-refractivity contribution in [2.24, 2.45) is 0 Å². The number of nitrogens with one attached hydrogen (secondary N) is 1. The zero-order valence-electron chi connectivity index (χ0n) is 24.3. The fourth-order valence-corrected chi connectivity index (χ4v) is 6.24. The lowest BCUT2D eigenvalue weighted by atomic mass is 9.99. The Morgan fingerprint density at radius 2 is 1.70 bits per heavy atom. The van der Waals surface area contributed by atoms with Gasteiger partial charge in [0.25, 0.3) is 15.9 Å². The standard InChI is InChI=1S/C32H26F3N5O5S/c1-44-31-28(39-46(42,43)29-7-4-22(33)16-26(29)35)15-21(17-37-31)18-3-6-27-20(12-18)14-23(30(36)38-27)19-2-5-25(34)24(13-19)32(41)40-8-10-45-11-9-40/h2-7,12-17,39H,8-11H2,1H3,(H2,36,38). The van der Waals surface area contributed by atoms with Crippen LogP contribution in [0.25, 0.3) is 33.2 Å². The van der Waals surface area contributed by atoms with E-state index in [0.29, 0.717) is 65.5 Å². The summed E-state index contributed by atoms with van der Waals surface area (Å²) in [7, 11) is -3.19. The zero-order valence-corrected chi connectivity index (χ0v) is 25.1. The predicted octanol–water partition coefficient (Wildman–Crippen LogP) is 5.25. The van der Waals surface area contributed by atoms with E-state index in [2.05, 4.69) is 14.7 Å². The fourth-order valence-electron chi connectivity index (χ4n) is 5.13. The molecule has 3 heterocycles. The van der Waals surface area contributed by atoms with Crippen LogP contribution in [0.5, 0.6) is 5.88 Å². The van der Waals surface area contributed by atoms with Crippen LogP contribution in [0.15, 0.2) is 77.8 Å². The van der Waals surface area contributed by atoms with E-state index in [0.717, 1.165) is 12.1 Å². The van der Waals surface area contributed by atoms with Gasteiger partial charge in [-0.3, -0.25) is 9.52 Å². The molecule has 5 aromatic rings. The number of amides is 1. The number of nitrogens with two attached hydrogens (primary N) is 1. The molecule has 46 heavy (non-hydrogen) atoms. The molecule has 0 radical (unpaired) electrons. The second kappa shape index (κ2) is 12.3. The third-order valence-electron chi connectivity index (χ3n) is 7.46. The third-order valence-corrected chi connectivity index (χ3v) is 8.85. The summed E-state index contributed by atoms with van der Waals surface area (Å²) in [5, 5.41) is 0.637. The number of aromatic nitrogens is 2. The van der Waals surface area contributed by atoms with Crippen molar-refractivity contribution in [3.05, 3.63) is 95.9 Å². The molecule has 3 N–H and O–H groups in total. The summed E-state index contributed by atoms with van der Waals surface area (Å²) < 4.78 is 81.2. The van der Waals surface area contributed by atoms with E-state index in [-0.39, 0.29) is 22.9 Å². The van der Waals surface area contributed by atoms with Crippen LogP contribution in [0, 0.1) is 17.5 Å². The highest BCUT2D eigenvalue weighted by Crippen LogP contribution is 2.34. The Morgan fingerprint density at radius 3 is 2.43 bits per heavy atom. The quantitative estimate of drug-likeness (QED) is 0.244. The highest BCUT2D eigenvalue weighted by Gasteiger charge is 2.24. The van der Waals surface area contributed by atoms with Crippen molar-refractivity contribution in [2.75, 3.05) is 43.9 Å². The molecule has 0 bridgehead atoms. The van der Waals surface area contributed by atoms with Crippen molar-refractivity contribution in [3.63, 3.8) is 0 Å². The molecular formula is C32H26F3N5O5S. The summed E-state index contributed by atoms with van der Waals surface area (Å²) in [5.74, 6) is -3.19. The number of anilines is 2. The summed E-state index contributed by atoms with van der Waals surface area (Å²) in [6.45, 7) is 1.47. The summed E-state index contributed by atoms with van der Waals surface area (Å²) in [4.78, 5) is 22.5. The Hall–Kier alpha value is -5.21. The fraction of sp³-hybridized carbons (Fsp3) is 0.156. The van der Waals surface area contributed by atoms with Crippen molar-refractivity contribution in [1.82, 2.24) is 14.9 Å².